The molecule has 28 heavy (non-hydrogen) atoms. The first-order valence-electron chi connectivity index (χ1n) is 8.43. The van der Waals surface area contributed by atoms with Crippen LogP contribution in [0, 0.1) is 12.7 Å². The Labute approximate surface area is 163 Å². The second-order valence-electron chi connectivity index (χ2n) is 6.13. The van der Waals surface area contributed by atoms with Gasteiger partial charge in [0, 0.05) is 5.69 Å². The summed E-state index contributed by atoms with van der Waals surface area (Å²) in [5.41, 5.74) is 1.61. The van der Waals surface area contributed by atoms with Crippen LogP contribution in [-0.2, 0) is 0 Å². The van der Waals surface area contributed by atoms with Crippen LogP contribution in [0.1, 0.15) is 25.6 Å². The van der Waals surface area contributed by atoms with Gasteiger partial charge in [0.15, 0.2) is 0 Å². The predicted octanol–water partition coefficient (Wildman–Crippen LogP) is 4.58. The molecule has 0 saturated carbocycles. The number of hydrogen-bond donors (Lipinski definition) is 3. The molecule has 6 nitrogen and oxygen atoms in total. The average Bonchev–Trinajstić information content (AvgIpc) is 3.26. The van der Waals surface area contributed by atoms with Crippen LogP contribution >= 0.6 is 11.3 Å². The number of aromatic amines is 1. The molecule has 0 atom stereocenters. The Hall–Kier alpha value is -3.52. The minimum atomic E-state index is -0.612. The molecule has 0 spiro atoms. The van der Waals surface area contributed by atoms with Crippen LogP contribution in [0.5, 0.6) is 0 Å². The zero-order valence-corrected chi connectivity index (χ0v) is 15.6. The molecule has 2 aromatic heterocycles. The molecule has 2 amide bonds. The van der Waals surface area contributed by atoms with E-state index in [2.05, 4.69) is 20.8 Å². The van der Waals surface area contributed by atoms with E-state index in [4.69, 9.17) is 0 Å². The Morgan fingerprint density at radius 2 is 1.79 bits per heavy atom. The summed E-state index contributed by atoms with van der Waals surface area (Å²) in [6, 6.07) is 14.8. The van der Waals surface area contributed by atoms with Crippen molar-refractivity contribution in [3.8, 4) is 0 Å². The van der Waals surface area contributed by atoms with E-state index < -0.39 is 11.7 Å². The van der Waals surface area contributed by atoms with E-state index >= 15 is 0 Å². The molecule has 4 aromatic rings. The first kappa shape index (κ1) is 17.9. The van der Waals surface area contributed by atoms with Crippen LogP contribution in [0.4, 0.5) is 15.9 Å². The number of aromatic nitrogens is 2. The zero-order valence-electron chi connectivity index (χ0n) is 14.7. The molecule has 0 aliphatic carbocycles. The van der Waals surface area contributed by atoms with Gasteiger partial charge >= 0.3 is 0 Å². The third-order valence-corrected chi connectivity index (χ3v) is 5.25. The summed E-state index contributed by atoms with van der Waals surface area (Å²) in [6.45, 7) is 1.91. The number of para-hydroxylation sites is 1. The van der Waals surface area contributed by atoms with Gasteiger partial charge in [-0.2, -0.15) is 5.10 Å². The molecular formula is C20H15FN4O2S. The van der Waals surface area contributed by atoms with E-state index in [9.17, 15) is 14.0 Å². The fourth-order valence-electron chi connectivity index (χ4n) is 2.74. The largest absolute Gasteiger partial charge is 0.321 e. The normalized spacial score (nSPS) is 10.8. The van der Waals surface area contributed by atoms with Crippen molar-refractivity contribution < 1.29 is 14.0 Å². The Morgan fingerprint density at radius 1 is 1.04 bits per heavy atom. The standard InChI is InChI=1S/C20H15FN4O2S/c1-11-6-2-5-9-15(11)22-19(27)16-10-13-17(24-25-20(13)28-16)23-18(26)12-7-3-4-8-14(12)21/h2-10H,1H3,(H,22,27)(H2,23,24,25,26). The Bertz CT molecular complexity index is 1200. The minimum absolute atomic E-state index is 0.0713. The van der Waals surface area contributed by atoms with Crippen molar-refractivity contribution in [3.05, 3.63) is 76.4 Å². The van der Waals surface area contributed by atoms with E-state index in [1.54, 1.807) is 12.1 Å². The number of carbonyl (C=O) groups excluding carboxylic acids is 2. The number of rotatable bonds is 4. The molecule has 0 radical (unpaired) electrons. The van der Waals surface area contributed by atoms with Gasteiger partial charge in [-0.15, -0.1) is 11.3 Å². The number of anilines is 2. The highest BCUT2D eigenvalue weighted by Crippen LogP contribution is 2.30. The topological polar surface area (TPSA) is 86.9 Å². The third kappa shape index (κ3) is 3.37. The lowest BCUT2D eigenvalue weighted by molar-refractivity contribution is 0.101. The Kier molecular flexibility index (Phi) is 4.62. The van der Waals surface area contributed by atoms with Gasteiger partial charge in [0.05, 0.1) is 15.8 Å². The second kappa shape index (κ2) is 7.24. The monoisotopic (exact) mass is 394 g/mol. The van der Waals surface area contributed by atoms with Crippen LogP contribution in [0.3, 0.4) is 0 Å². The van der Waals surface area contributed by atoms with Gasteiger partial charge in [0.1, 0.15) is 16.5 Å². The van der Waals surface area contributed by atoms with Crippen LogP contribution in [0.2, 0.25) is 0 Å². The van der Waals surface area contributed by atoms with E-state index in [1.165, 1.54) is 29.5 Å². The molecule has 3 N–H and O–H groups in total. The van der Waals surface area contributed by atoms with Crippen molar-refractivity contribution in [3.63, 3.8) is 0 Å². The molecule has 2 aromatic carbocycles. The van der Waals surface area contributed by atoms with Gasteiger partial charge in [0.25, 0.3) is 11.8 Å². The van der Waals surface area contributed by atoms with Gasteiger partial charge in [-0.3, -0.25) is 14.7 Å². The quantitative estimate of drug-likeness (QED) is 0.474. The van der Waals surface area contributed by atoms with Gasteiger partial charge in [-0.1, -0.05) is 30.3 Å². The molecule has 140 valence electrons. The summed E-state index contributed by atoms with van der Waals surface area (Å²) in [4.78, 5) is 25.9. The molecule has 0 aliphatic rings. The van der Waals surface area contributed by atoms with Gasteiger partial charge in [-0.05, 0) is 36.8 Å². The summed E-state index contributed by atoms with van der Waals surface area (Å²) in [6.07, 6.45) is 0. The molecule has 0 aliphatic heterocycles. The fourth-order valence-corrected chi connectivity index (χ4v) is 3.63. The van der Waals surface area contributed by atoms with Crippen LogP contribution in [0.25, 0.3) is 10.2 Å². The van der Waals surface area contributed by atoms with E-state index in [0.717, 1.165) is 11.3 Å². The highest BCUT2D eigenvalue weighted by molar-refractivity contribution is 7.20. The maximum Gasteiger partial charge on any atom is 0.265 e. The molecule has 0 fully saturated rings. The number of benzene rings is 2. The van der Waals surface area contributed by atoms with Crippen molar-refractivity contribution in [2.45, 2.75) is 6.92 Å². The number of nitrogens with one attached hydrogen (secondary N) is 3. The predicted molar refractivity (Wildman–Crippen MR) is 107 cm³/mol. The van der Waals surface area contributed by atoms with E-state index in [1.807, 2.05) is 31.2 Å². The number of H-pyrrole nitrogens is 1. The van der Waals surface area contributed by atoms with Crippen molar-refractivity contribution >= 4 is 44.9 Å². The Balaban J connectivity index is 1.57. The van der Waals surface area contributed by atoms with Crippen molar-refractivity contribution in [2.75, 3.05) is 10.6 Å². The smallest absolute Gasteiger partial charge is 0.265 e. The summed E-state index contributed by atoms with van der Waals surface area (Å²) in [7, 11) is 0. The lowest BCUT2D eigenvalue weighted by atomic mass is 10.2. The van der Waals surface area contributed by atoms with E-state index in [-0.39, 0.29) is 11.5 Å². The van der Waals surface area contributed by atoms with E-state index in [0.29, 0.717) is 20.9 Å². The number of halogens is 1. The highest BCUT2D eigenvalue weighted by Gasteiger charge is 2.18. The molecule has 0 saturated heterocycles. The first-order chi connectivity index (χ1) is 13.5. The highest BCUT2D eigenvalue weighted by atomic mass is 32.1. The number of fused-ring (bicyclic) bond motifs is 1. The van der Waals surface area contributed by atoms with Gasteiger partial charge in [0.2, 0.25) is 0 Å². The first-order valence-corrected chi connectivity index (χ1v) is 9.25. The fraction of sp³-hybridized carbons (Fsp3) is 0.0500. The number of amides is 2. The number of aryl methyl sites for hydroxylation is 1. The molecular weight excluding hydrogens is 379 g/mol. The number of hydrogen-bond acceptors (Lipinski definition) is 4. The van der Waals surface area contributed by atoms with Crippen LogP contribution in [-0.4, -0.2) is 22.0 Å². The molecule has 8 heteroatoms. The average molecular weight is 394 g/mol. The van der Waals surface area contributed by atoms with Crippen molar-refractivity contribution in [1.82, 2.24) is 10.2 Å². The molecule has 0 unspecified atom stereocenters. The third-order valence-electron chi connectivity index (χ3n) is 4.23. The summed E-state index contributed by atoms with van der Waals surface area (Å²) < 4.78 is 13.8. The van der Waals surface area contributed by atoms with Crippen LogP contribution in [0.15, 0.2) is 54.6 Å². The van der Waals surface area contributed by atoms with Crippen molar-refractivity contribution in [2.24, 2.45) is 0 Å². The number of carbonyl (C=O) groups is 2. The number of nitrogens with zero attached hydrogens (tertiary/aromatic N) is 1. The number of thiophene rings is 1. The molecule has 4 rings (SSSR count). The zero-order chi connectivity index (χ0) is 19.7. The maximum atomic E-state index is 13.8. The summed E-state index contributed by atoms with van der Waals surface area (Å²) in [5.74, 6) is -1.15. The summed E-state index contributed by atoms with van der Waals surface area (Å²) >= 11 is 1.20. The lowest BCUT2D eigenvalue weighted by Crippen LogP contribution is -2.14. The minimum Gasteiger partial charge on any atom is -0.321 e. The SMILES string of the molecule is Cc1ccccc1NC(=O)c1cc2c(NC(=O)c3ccccc3F)[nH]nc2s1. The van der Waals surface area contributed by atoms with Gasteiger partial charge in [-0.25, -0.2) is 4.39 Å². The molecule has 2 heterocycles. The van der Waals surface area contributed by atoms with Crippen LogP contribution < -0.4 is 10.6 Å². The van der Waals surface area contributed by atoms with Crippen molar-refractivity contribution in [1.29, 1.82) is 0 Å². The molecule has 0 bridgehead atoms. The second-order valence-corrected chi connectivity index (χ2v) is 7.16. The maximum absolute atomic E-state index is 13.8. The van der Waals surface area contributed by atoms with Gasteiger partial charge < -0.3 is 10.6 Å². The Morgan fingerprint density at radius 3 is 2.57 bits per heavy atom. The summed E-state index contributed by atoms with van der Waals surface area (Å²) in [5, 5.41) is 12.9. The lowest BCUT2D eigenvalue weighted by Gasteiger charge is -2.06.